The second-order valence-corrected chi connectivity index (χ2v) is 7.87. The van der Waals surface area contributed by atoms with Crippen LogP contribution in [0.25, 0.3) is 0 Å². The summed E-state index contributed by atoms with van der Waals surface area (Å²) in [5, 5.41) is 0. The minimum absolute atomic E-state index is 0.306. The van der Waals surface area contributed by atoms with Gasteiger partial charge in [0.15, 0.2) is 0 Å². The van der Waals surface area contributed by atoms with Gasteiger partial charge in [0, 0.05) is 50.4 Å². The molecule has 6 nitrogen and oxygen atoms in total. The quantitative estimate of drug-likeness (QED) is 0.541. The zero-order chi connectivity index (χ0) is 20.8. The predicted molar refractivity (Wildman–Crippen MR) is 116 cm³/mol. The summed E-state index contributed by atoms with van der Waals surface area (Å²) in [6.07, 6.45) is 8.29. The third-order valence-corrected chi connectivity index (χ3v) is 5.61. The highest BCUT2D eigenvalue weighted by Crippen LogP contribution is 2.23. The van der Waals surface area contributed by atoms with Crippen molar-refractivity contribution in [2.45, 2.75) is 45.5 Å². The Morgan fingerprint density at radius 3 is 2.80 bits per heavy atom. The summed E-state index contributed by atoms with van der Waals surface area (Å²) in [7, 11) is 1.73. The zero-order valence-electron chi connectivity index (χ0n) is 17.8. The van der Waals surface area contributed by atoms with Gasteiger partial charge in [-0.05, 0) is 49.6 Å². The maximum absolute atomic E-state index is 5.91. The molecule has 2 aromatic heterocycles. The van der Waals surface area contributed by atoms with Gasteiger partial charge in [0.2, 0.25) is 0 Å². The van der Waals surface area contributed by atoms with Crippen LogP contribution in [0.3, 0.4) is 0 Å². The molecular weight excluding hydrogens is 376 g/mol. The van der Waals surface area contributed by atoms with Crippen LogP contribution in [-0.4, -0.2) is 45.8 Å². The van der Waals surface area contributed by atoms with Crippen molar-refractivity contribution in [1.29, 1.82) is 0 Å². The first kappa shape index (κ1) is 20.6. The van der Waals surface area contributed by atoms with Gasteiger partial charge in [-0.15, -0.1) is 0 Å². The molecule has 0 unspecified atom stereocenters. The predicted octanol–water partition coefficient (Wildman–Crippen LogP) is 3.82. The number of benzene rings is 1. The Hall–Kier alpha value is -2.70. The molecule has 30 heavy (non-hydrogen) atoms. The average Bonchev–Trinajstić information content (AvgIpc) is 3.41. The van der Waals surface area contributed by atoms with Crippen molar-refractivity contribution in [3.05, 3.63) is 77.6 Å². The molecule has 0 spiro atoms. The Labute approximate surface area is 178 Å². The second kappa shape index (κ2) is 9.87. The molecule has 1 saturated heterocycles. The maximum Gasteiger partial charge on any atom is 0.123 e. The van der Waals surface area contributed by atoms with Crippen molar-refractivity contribution in [3.63, 3.8) is 0 Å². The van der Waals surface area contributed by atoms with Crippen LogP contribution in [-0.2, 0) is 24.4 Å². The minimum atomic E-state index is 0.306. The number of hydrogen-bond acceptors (Lipinski definition) is 5. The van der Waals surface area contributed by atoms with Gasteiger partial charge in [-0.25, -0.2) is 4.98 Å². The maximum atomic E-state index is 5.91. The van der Waals surface area contributed by atoms with Gasteiger partial charge in [-0.1, -0.05) is 12.1 Å². The Morgan fingerprint density at radius 1 is 1.17 bits per heavy atom. The van der Waals surface area contributed by atoms with Crippen LogP contribution >= 0.6 is 0 Å². The number of nitrogens with zero attached hydrogens (tertiary/aromatic N) is 4. The van der Waals surface area contributed by atoms with E-state index in [0.29, 0.717) is 6.10 Å². The summed E-state index contributed by atoms with van der Waals surface area (Å²) in [6.45, 7) is 6.21. The number of hydrogen-bond donors (Lipinski definition) is 0. The normalized spacial score (nSPS) is 16.3. The van der Waals surface area contributed by atoms with Gasteiger partial charge in [-0.3, -0.25) is 9.88 Å². The first-order valence-electron chi connectivity index (χ1n) is 10.6. The van der Waals surface area contributed by atoms with E-state index >= 15 is 0 Å². The molecule has 0 bridgehead atoms. The molecule has 158 valence electrons. The van der Waals surface area contributed by atoms with Crippen LogP contribution in [0.5, 0.6) is 5.75 Å². The highest BCUT2D eigenvalue weighted by atomic mass is 16.5. The first-order valence-corrected chi connectivity index (χ1v) is 10.6. The fourth-order valence-corrected chi connectivity index (χ4v) is 4.05. The third kappa shape index (κ3) is 5.26. The van der Waals surface area contributed by atoms with E-state index in [9.17, 15) is 0 Å². The number of aryl methyl sites for hydroxylation is 1. The van der Waals surface area contributed by atoms with Gasteiger partial charge >= 0.3 is 0 Å². The summed E-state index contributed by atoms with van der Waals surface area (Å²) in [5.41, 5.74) is 3.50. The van der Waals surface area contributed by atoms with Crippen LogP contribution in [0.1, 0.15) is 35.5 Å². The number of imidazole rings is 1. The zero-order valence-corrected chi connectivity index (χ0v) is 17.8. The van der Waals surface area contributed by atoms with E-state index < -0.39 is 0 Å². The lowest BCUT2D eigenvalue weighted by Crippen LogP contribution is -2.31. The topological polar surface area (TPSA) is 52.4 Å². The largest absolute Gasteiger partial charge is 0.496 e. The van der Waals surface area contributed by atoms with Gasteiger partial charge in [0.05, 0.1) is 25.5 Å². The summed E-state index contributed by atoms with van der Waals surface area (Å²) in [4.78, 5) is 11.3. The average molecular weight is 407 g/mol. The molecule has 1 aromatic carbocycles. The lowest BCUT2D eigenvalue weighted by Gasteiger charge is -2.25. The third-order valence-electron chi connectivity index (χ3n) is 5.61. The molecule has 0 radical (unpaired) electrons. The van der Waals surface area contributed by atoms with Gasteiger partial charge < -0.3 is 14.0 Å². The monoisotopic (exact) mass is 406 g/mol. The first-order chi connectivity index (χ1) is 14.7. The molecule has 0 amide bonds. The molecule has 6 heteroatoms. The molecule has 3 aromatic rings. The van der Waals surface area contributed by atoms with Crippen molar-refractivity contribution in [2.75, 3.05) is 20.3 Å². The number of rotatable bonds is 9. The van der Waals surface area contributed by atoms with Crippen molar-refractivity contribution in [1.82, 2.24) is 19.4 Å². The van der Waals surface area contributed by atoms with Crippen molar-refractivity contribution in [2.24, 2.45) is 0 Å². The van der Waals surface area contributed by atoms with E-state index in [0.717, 1.165) is 68.5 Å². The highest BCUT2D eigenvalue weighted by Gasteiger charge is 2.20. The number of aromatic nitrogens is 3. The Balaban J connectivity index is 1.53. The number of pyridine rings is 1. The molecular formula is C24H30N4O2. The molecule has 1 aliphatic heterocycles. The SMILES string of the molecule is COc1ccc(CN(Cc2ccccn2)C[C@H]2CCCO2)cc1Cn1ccnc1C. The van der Waals surface area contributed by atoms with E-state index in [1.54, 1.807) is 7.11 Å². The molecule has 1 aliphatic rings. The van der Waals surface area contributed by atoms with E-state index in [1.165, 1.54) is 5.56 Å². The van der Waals surface area contributed by atoms with Gasteiger partial charge in [-0.2, -0.15) is 0 Å². The van der Waals surface area contributed by atoms with Crippen LogP contribution < -0.4 is 4.74 Å². The number of ether oxygens (including phenoxy) is 2. The Bertz CT molecular complexity index is 935. The van der Waals surface area contributed by atoms with E-state index in [2.05, 4.69) is 43.7 Å². The van der Waals surface area contributed by atoms with E-state index in [1.807, 2.05) is 37.6 Å². The molecule has 4 rings (SSSR count). The van der Waals surface area contributed by atoms with Gasteiger partial charge in [0.25, 0.3) is 0 Å². The molecule has 0 saturated carbocycles. The Kier molecular flexibility index (Phi) is 6.77. The van der Waals surface area contributed by atoms with Crippen LogP contribution in [0.15, 0.2) is 55.0 Å². The summed E-state index contributed by atoms with van der Waals surface area (Å²) < 4.78 is 13.7. The van der Waals surface area contributed by atoms with E-state index in [-0.39, 0.29) is 0 Å². The Morgan fingerprint density at radius 2 is 2.10 bits per heavy atom. The molecule has 1 fully saturated rings. The standard InChI is InChI=1S/C24H30N4O2/c1-19-25-11-12-28(19)16-21-14-20(8-9-24(21)29-2)15-27(18-23-7-5-13-30-23)17-22-6-3-4-10-26-22/h3-4,6,8-12,14,23H,5,7,13,15-18H2,1-2H3/t23-/m1/s1. The second-order valence-electron chi connectivity index (χ2n) is 7.87. The summed E-state index contributed by atoms with van der Waals surface area (Å²) in [6, 6.07) is 12.6. The van der Waals surface area contributed by atoms with Gasteiger partial charge in [0.1, 0.15) is 11.6 Å². The van der Waals surface area contributed by atoms with Crippen LogP contribution in [0, 0.1) is 6.92 Å². The van der Waals surface area contributed by atoms with Crippen molar-refractivity contribution >= 4 is 0 Å². The smallest absolute Gasteiger partial charge is 0.123 e. The van der Waals surface area contributed by atoms with Crippen molar-refractivity contribution < 1.29 is 9.47 Å². The van der Waals surface area contributed by atoms with E-state index in [4.69, 9.17) is 9.47 Å². The molecule has 1 atom stereocenters. The molecule has 0 aliphatic carbocycles. The number of methoxy groups -OCH3 is 1. The summed E-state index contributed by atoms with van der Waals surface area (Å²) in [5.74, 6) is 1.90. The molecule has 3 heterocycles. The fraction of sp³-hybridized carbons (Fsp3) is 0.417. The minimum Gasteiger partial charge on any atom is -0.496 e. The van der Waals surface area contributed by atoms with Crippen LogP contribution in [0.4, 0.5) is 0 Å². The lowest BCUT2D eigenvalue weighted by atomic mass is 10.1. The molecule has 0 N–H and O–H groups in total. The fourth-order valence-electron chi connectivity index (χ4n) is 4.05. The van der Waals surface area contributed by atoms with Crippen LogP contribution in [0.2, 0.25) is 0 Å². The van der Waals surface area contributed by atoms with Crippen molar-refractivity contribution in [3.8, 4) is 5.75 Å². The summed E-state index contributed by atoms with van der Waals surface area (Å²) >= 11 is 0. The lowest BCUT2D eigenvalue weighted by molar-refractivity contribution is 0.0674. The highest BCUT2D eigenvalue weighted by molar-refractivity contribution is 5.37.